The number of nitrogens with one attached hydrogen (secondary N) is 2. The van der Waals surface area contributed by atoms with Gasteiger partial charge < -0.3 is 15.5 Å². The summed E-state index contributed by atoms with van der Waals surface area (Å²) in [5.41, 5.74) is 2.50. The van der Waals surface area contributed by atoms with Crippen molar-refractivity contribution in [1.82, 2.24) is 15.5 Å². The zero-order chi connectivity index (χ0) is 18.1. The largest absolute Gasteiger partial charge is 0.356 e. The van der Waals surface area contributed by atoms with Gasteiger partial charge in [-0.25, -0.2) is 0 Å². The smallest absolute Gasteiger partial charge is 0.221 e. The molecule has 0 saturated heterocycles. The summed E-state index contributed by atoms with van der Waals surface area (Å²) in [4.78, 5) is 18.5. The van der Waals surface area contributed by atoms with E-state index in [-0.39, 0.29) is 29.9 Å². The average Bonchev–Trinajstić information content (AvgIpc) is 2.61. The van der Waals surface area contributed by atoms with Crippen molar-refractivity contribution < 1.29 is 4.79 Å². The Labute approximate surface area is 175 Å². The monoisotopic (exact) mass is 472 g/mol. The molecule has 0 unspecified atom stereocenters. The third kappa shape index (κ3) is 7.93. The zero-order valence-corrected chi connectivity index (χ0v) is 18.6. The fourth-order valence-corrected chi connectivity index (χ4v) is 3.26. The quantitative estimate of drug-likeness (QED) is 0.379. The summed E-state index contributed by atoms with van der Waals surface area (Å²) >= 11 is 0. The molecule has 0 aromatic heterocycles. The van der Waals surface area contributed by atoms with Crippen LogP contribution in [0.25, 0.3) is 0 Å². The summed E-state index contributed by atoms with van der Waals surface area (Å²) in [7, 11) is 3.79. The number of hydrogen-bond acceptors (Lipinski definition) is 2. The molecule has 0 aliphatic heterocycles. The molecule has 2 rings (SSSR count). The summed E-state index contributed by atoms with van der Waals surface area (Å²) in [6.07, 6.45) is 6.50. The van der Waals surface area contributed by atoms with E-state index in [2.05, 4.69) is 51.7 Å². The van der Waals surface area contributed by atoms with Gasteiger partial charge in [-0.1, -0.05) is 49.1 Å². The number of nitrogens with zero attached hydrogens (tertiary/aromatic N) is 2. The lowest BCUT2D eigenvalue weighted by atomic mass is 9.95. The first-order valence-electron chi connectivity index (χ1n) is 9.35. The number of carbonyl (C=O) groups is 1. The minimum absolute atomic E-state index is 0. The van der Waals surface area contributed by atoms with Crippen molar-refractivity contribution in [2.75, 3.05) is 20.6 Å². The molecule has 146 valence electrons. The molecule has 5 nitrogen and oxygen atoms in total. The lowest BCUT2D eigenvalue weighted by Gasteiger charge is -2.24. The number of aliphatic imine (C=N–C) groups is 1. The van der Waals surface area contributed by atoms with Crippen molar-refractivity contribution in [1.29, 1.82) is 0 Å². The number of halogens is 1. The van der Waals surface area contributed by atoms with Gasteiger partial charge in [-0.3, -0.25) is 9.79 Å². The van der Waals surface area contributed by atoms with E-state index < -0.39 is 0 Å². The number of guanidine groups is 1. The van der Waals surface area contributed by atoms with Gasteiger partial charge in [-0.15, -0.1) is 24.0 Å². The van der Waals surface area contributed by atoms with Crippen LogP contribution in [-0.4, -0.2) is 43.4 Å². The second-order valence-electron chi connectivity index (χ2n) is 6.97. The number of amides is 1. The normalized spacial score (nSPS) is 15.1. The van der Waals surface area contributed by atoms with Crippen LogP contribution in [-0.2, 0) is 11.3 Å². The van der Waals surface area contributed by atoms with E-state index in [0.717, 1.165) is 25.3 Å². The topological polar surface area (TPSA) is 56.7 Å². The predicted molar refractivity (Wildman–Crippen MR) is 119 cm³/mol. The maximum absolute atomic E-state index is 12.1. The molecule has 1 fully saturated rings. The summed E-state index contributed by atoms with van der Waals surface area (Å²) in [5.74, 6) is 0.946. The first-order chi connectivity index (χ1) is 12.1. The summed E-state index contributed by atoms with van der Waals surface area (Å²) in [5, 5.41) is 6.44. The molecule has 1 aromatic carbocycles. The summed E-state index contributed by atoms with van der Waals surface area (Å²) in [6.45, 7) is 3.48. The maximum Gasteiger partial charge on any atom is 0.221 e. The van der Waals surface area contributed by atoms with Crippen LogP contribution in [0.5, 0.6) is 0 Å². The van der Waals surface area contributed by atoms with E-state index >= 15 is 0 Å². The highest BCUT2D eigenvalue weighted by molar-refractivity contribution is 14.0. The van der Waals surface area contributed by atoms with E-state index in [9.17, 15) is 4.79 Å². The number of carbonyl (C=O) groups excluding carboxylic acids is 1. The highest BCUT2D eigenvalue weighted by Crippen LogP contribution is 2.17. The third-order valence-electron chi connectivity index (χ3n) is 4.72. The van der Waals surface area contributed by atoms with Crippen LogP contribution in [0.3, 0.4) is 0 Å². The van der Waals surface area contributed by atoms with Gasteiger partial charge in [-0.2, -0.15) is 0 Å². The van der Waals surface area contributed by atoms with Crippen molar-refractivity contribution in [3.63, 3.8) is 0 Å². The molecule has 6 heteroatoms. The molecule has 1 aliphatic rings. The van der Waals surface area contributed by atoms with Crippen LogP contribution in [0.1, 0.15) is 49.7 Å². The Kier molecular flexibility index (Phi) is 10.6. The van der Waals surface area contributed by atoms with Gasteiger partial charge in [0.15, 0.2) is 5.96 Å². The molecule has 1 aliphatic carbocycles. The van der Waals surface area contributed by atoms with Crippen LogP contribution in [0.4, 0.5) is 0 Å². The molecule has 0 bridgehead atoms. The van der Waals surface area contributed by atoms with E-state index in [1.54, 1.807) is 7.05 Å². The van der Waals surface area contributed by atoms with Gasteiger partial charge in [0.25, 0.3) is 0 Å². The van der Waals surface area contributed by atoms with E-state index in [1.807, 2.05) is 7.05 Å². The zero-order valence-electron chi connectivity index (χ0n) is 16.3. The molecular weight excluding hydrogens is 439 g/mol. The van der Waals surface area contributed by atoms with Gasteiger partial charge in [0.2, 0.25) is 5.91 Å². The molecule has 1 saturated carbocycles. The number of rotatable bonds is 6. The van der Waals surface area contributed by atoms with Crippen LogP contribution in [0.15, 0.2) is 29.3 Å². The molecule has 2 N–H and O–H groups in total. The van der Waals surface area contributed by atoms with Crippen LogP contribution in [0, 0.1) is 6.92 Å². The van der Waals surface area contributed by atoms with Crippen LogP contribution in [0.2, 0.25) is 0 Å². The van der Waals surface area contributed by atoms with Crippen molar-refractivity contribution in [3.05, 3.63) is 35.4 Å². The fraction of sp³-hybridized carbons (Fsp3) is 0.600. The fourth-order valence-electron chi connectivity index (χ4n) is 3.26. The first-order valence-corrected chi connectivity index (χ1v) is 9.35. The van der Waals surface area contributed by atoms with Gasteiger partial charge in [0, 0.05) is 39.6 Å². The Morgan fingerprint density at radius 1 is 1.19 bits per heavy atom. The van der Waals surface area contributed by atoms with Gasteiger partial charge in [-0.05, 0) is 25.3 Å². The second kappa shape index (κ2) is 12.1. The third-order valence-corrected chi connectivity index (χ3v) is 4.72. The summed E-state index contributed by atoms with van der Waals surface area (Å²) in [6, 6.07) is 8.89. The molecule has 26 heavy (non-hydrogen) atoms. The van der Waals surface area contributed by atoms with Crippen molar-refractivity contribution in [2.45, 2.75) is 58.0 Å². The summed E-state index contributed by atoms with van der Waals surface area (Å²) < 4.78 is 0. The minimum atomic E-state index is 0. The molecule has 0 radical (unpaired) electrons. The molecule has 0 spiro atoms. The van der Waals surface area contributed by atoms with E-state index in [4.69, 9.17) is 0 Å². The van der Waals surface area contributed by atoms with Gasteiger partial charge >= 0.3 is 0 Å². The average molecular weight is 472 g/mol. The Balaban J connectivity index is 0.00000338. The van der Waals surface area contributed by atoms with Crippen molar-refractivity contribution in [3.8, 4) is 0 Å². The minimum Gasteiger partial charge on any atom is -0.356 e. The van der Waals surface area contributed by atoms with Gasteiger partial charge in [0.05, 0.1) is 0 Å². The Morgan fingerprint density at radius 3 is 2.46 bits per heavy atom. The molecule has 1 aromatic rings. The Hall–Kier alpha value is -1.31. The molecular formula is C20H33IN4O. The van der Waals surface area contributed by atoms with Crippen molar-refractivity contribution in [2.24, 2.45) is 4.99 Å². The van der Waals surface area contributed by atoms with E-state index in [1.165, 1.54) is 30.4 Å². The molecule has 0 atom stereocenters. The number of benzene rings is 1. The lowest BCUT2D eigenvalue weighted by Crippen LogP contribution is -2.41. The van der Waals surface area contributed by atoms with Crippen molar-refractivity contribution >= 4 is 35.8 Å². The number of aryl methyl sites for hydroxylation is 1. The number of hydrogen-bond donors (Lipinski definition) is 2. The van der Waals surface area contributed by atoms with Crippen LogP contribution >= 0.6 is 24.0 Å². The molecule has 1 amide bonds. The first kappa shape index (κ1) is 22.7. The lowest BCUT2D eigenvalue weighted by molar-refractivity contribution is -0.121. The Morgan fingerprint density at radius 2 is 1.85 bits per heavy atom. The maximum atomic E-state index is 12.1. The highest BCUT2D eigenvalue weighted by Gasteiger charge is 2.15. The van der Waals surface area contributed by atoms with E-state index in [0.29, 0.717) is 19.0 Å². The molecule has 0 heterocycles. The second-order valence-corrected chi connectivity index (χ2v) is 6.97. The Bertz CT molecular complexity index is 568. The predicted octanol–water partition coefficient (Wildman–Crippen LogP) is 3.46. The highest BCUT2D eigenvalue weighted by atomic mass is 127. The van der Waals surface area contributed by atoms with Crippen LogP contribution < -0.4 is 10.6 Å². The standard InChI is InChI=1S/C20H32N4O.HI/c1-16-9-11-17(12-10-16)15-24(3)20(21-2)22-14-13-19(25)23-18-7-5-4-6-8-18;/h9-12,18H,4-8,13-15H2,1-3H3,(H,21,22)(H,23,25);1H. The SMILES string of the molecule is CN=C(NCCC(=O)NC1CCCCC1)N(C)Cc1ccc(C)cc1.I. The van der Waals surface area contributed by atoms with Gasteiger partial charge in [0.1, 0.15) is 0 Å².